The first-order valence-electron chi connectivity index (χ1n) is 13.0. The second kappa shape index (κ2) is 7.99. The van der Waals surface area contributed by atoms with Crippen LogP contribution in [0.15, 0.2) is 11.6 Å². The number of rotatable bonds is 5. The summed E-state index contributed by atoms with van der Waals surface area (Å²) >= 11 is 0. The highest BCUT2D eigenvalue weighted by atomic mass is 16.3. The van der Waals surface area contributed by atoms with Crippen LogP contribution in [-0.2, 0) is 0 Å². The molecule has 0 aromatic carbocycles. The predicted octanol–water partition coefficient (Wildman–Crippen LogP) is 7.63. The van der Waals surface area contributed by atoms with E-state index in [2.05, 4.69) is 47.6 Å². The van der Waals surface area contributed by atoms with Gasteiger partial charge in [0.15, 0.2) is 0 Å². The summed E-state index contributed by atoms with van der Waals surface area (Å²) in [5, 5.41) is 10.2. The van der Waals surface area contributed by atoms with Crippen LogP contribution in [0.1, 0.15) is 106 Å². The molecule has 0 radical (unpaired) electrons. The van der Waals surface area contributed by atoms with Crippen molar-refractivity contribution in [1.82, 2.24) is 0 Å². The van der Waals surface area contributed by atoms with Gasteiger partial charge in [-0.15, -0.1) is 0 Å². The molecule has 1 nitrogen and oxygen atoms in total. The van der Waals surface area contributed by atoms with Crippen molar-refractivity contribution in [2.24, 2.45) is 52.3 Å². The van der Waals surface area contributed by atoms with Crippen molar-refractivity contribution in [2.45, 2.75) is 112 Å². The number of allylic oxidation sites excluding steroid dienone is 2. The Balaban J connectivity index is 1.50. The zero-order chi connectivity index (χ0) is 21.0. The Morgan fingerprint density at radius 2 is 1.62 bits per heavy atom. The van der Waals surface area contributed by atoms with E-state index in [1.165, 1.54) is 51.4 Å². The van der Waals surface area contributed by atoms with Crippen molar-refractivity contribution in [3.8, 4) is 0 Å². The van der Waals surface area contributed by atoms with Gasteiger partial charge in [0.25, 0.3) is 0 Å². The summed E-state index contributed by atoms with van der Waals surface area (Å²) in [7, 11) is 0. The smallest absolute Gasteiger partial charge is 0.0543 e. The highest BCUT2D eigenvalue weighted by molar-refractivity contribution is 5.27. The van der Waals surface area contributed by atoms with Gasteiger partial charge in [-0.3, -0.25) is 0 Å². The Bertz CT molecular complexity index is 620. The molecule has 0 bridgehead atoms. The predicted molar refractivity (Wildman–Crippen MR) is 124 cm³/mol. The molecule has 0 aliphatic heterocycles. The number of hydrogen-bond acceptors (Lipinski definition) is 1. The topological polar surface area (TPSA) is 20.2 Å². The molecule has 0 aromatic rings. The van der Waals surface area contributed by atoms with Gasteiger partial charge in [0.2, 0.25) is 0 Å². The van der Waals surface area contributed by atoms with E-state index in [-0.39, 0.29) is 6.10 Å². The zero-order valence-electron chi connectivity index (χ0n) is 20.2. The summed E-state index contributed by atoms with van der Waals surface area (Å²) < 4.78 is 0. The third-order valence-corrected chi connectivity index (χ3v) is 11.0. The molecule has 4 aliphatic carbocycles. The average Bonchev–Trinajstić information content (AvgIpc) is 3.03. The van der Waals surface area contributed by atoms with Crippen LogP contribution < -0.4 is 0 Å². The quantitative estimate of drug-likeness (QED) is 0.470. The van der Waals surface area contributed by atoms with Gasteiger partial charge in [0.05, 0.1) is 6.10 Å². The van der Waals surface area contributed by atoms with E-state index in [1.54, 1.807) is 0 Å². The molecule has 29 heavy (non-hydrogen) atoms. The Kier molecular flexibility index (Phi) is 6.04. The number of aliphatic hydroxyl groups is 1. The van der Waals surface area contributed by atoms with Gasteiger partial charge in [-0.1, -0.05) is 66.0 Å². The lowest BCUT2D eigenvalue weighted by Crippen LogP contribution is -2.49. The van der Waals surface area contributed by atoms with E-state index in [0.717, 1.165) is 54.3 Å². The summed E-state index contributed by atoms with van der Waals surface area (Å²) in [6.07, 6.45) is 15.8. The van der Waals surface area contributed by atoms with Crippen LogP contribution in [0.3, 0.4) is 0 Å². The molecule has 1 heteroatoms. The highest BCUT2D eigenvalue weighted by Crippen LogP contribution is 2.67. The van der Waals surface area contributed by atoms with Crippen molar-refractivity contribution >= 4 is 0 Å². The molecular formula is C28H48O. The minimum atomic E-state index is -0.0400. The number of hydrogen-bond donors (Lipinski definition) is 1. The van der Waals surface area contributed by atoms with Crippen molar-refractivity contribution in [3.05, 3.63) is 11.6 Å². The van der Waals surface area contributed by atoms with Crippen molar-refractivity contribution in [1.29, 1.82) is 0 Å². The molecule has 9 atom stereocenters. The van der Waals surface area contributed by atoms with E-state index >= 15 is 0 Å². The lowest BCUT2D eigenvalue weighted by Gasteiger charge is -2.57. The molecule has 4 rings (SSSR count). The fourth-order valence-electron chi connectivity index (χ4n) is 8.53. The molecule has 0 aromatic heterocycles. The second-order valence-corrected chi connectivity index (χ2v) is 12.7. The van der Waals surface area contributed by atoms with E-state index in [9.17, 15) is 5.11 Å². The Labute approximate surface area is 181 Å². The molecule has 0 unspecified atom stereocenters. The molecular weight excluding hydrogens is 352 g/mol. The normalized spacial score (nSPS) is 46.5. The Morgan fingerprint density at radius 3 is 2.34 bits per heavy atom. The maximum Gasteiger partial charge on any atom is 0.0543 e. The molecule has 3 fully saturated rings. The second-order valence-electron chi connectivity index (χ2n) is 12.7. The first-order valence-corrected chi connectivity index (χ1v) is 13.0. The van der Waals surface area contributed by atoms with Crippen molar-refractivity contribution in [3.63, 3.8) is 0 Å². The minimum absolute atomic E-state index is 0.0400. The van der Waals surface area contributed by atoms with Gasteiger partial charge in [0.1, 0.15) is 0 Å². The number of fused-ring (bicyclic) bond motifs is 5. The molecule has 0 heterocycles. The number of aliphatic hydroxyl groups excluding tert-OH is 1. The standard InChI is InChI=1S/C28H48O/c1-18(2)19(3)7-8-20(4)24-11-12-25-23-10-9-21-17-22(29)13-15-27(21,5)26(23)14-16-28(24,25)6/h10,18-22,24-26,29H,7-9,11-17H2,1-6H3/t19-,20-,21+,22-,24+,25-,26-,27+,28+/m1/s1. The lowest BCUT2D eigenvalue weighted by molar-refractivity contribution is -0.0428. The first kappa shape index (κ1) is 21.9. The van der Waals surface area contributed by atoms with Crippen LogP contribution in [0.25, 0.3) is 0 Å². The van der Waals surface area contributed by atoms with Crippen LogP contribution in [0.4, 0.5) is 0 Å². The van der Waals surface area contributed by atoms with Crippen LogP contribution in [0, 0.1) is 52.3 Å². The van der Waals surface area contributed by atoms with Gasteiger partial charge in [-0.2, -0.15) is 0 Å². The summed E-state index contributed by atoms with van der Waals surface area (Å²) in [5.41, 5.74) is 2.88. The van der Waals surface area contributed by atoms with Crippen molar-refractivity contribution in [2.75, 3.05) is 0 Å². The third-order valence-electron chi connectivity index (χ3n) is 11.0. The summed E-state index contributed by atoms with van der Waals surface area (Å²) in [5.74, 6) is 5.85. The molecule has 0 spiro atoms. The van der Waals surface area contributed by atoms with Gasteiger partial charge >= 0.3 is 0 Å². The van der Waals surface area contributed by atoms with Gasteiger partial charge in [0, 0.05) is 0 Å². The van der Waals surface area contributed by atoms with Crippen LogP contribution in [-0.4, -0.2) is 11.2 Å². The monoisotopic (exact) mass is 400 g/mol. The molecule has 166 valence electrons. The van der Waals surface area contributed by atoms with E-state index in [1.807, 2.05) is 5.57 Å². The average molecular weight is 401 g/mol. The first-order chi connectivity index (χ1) is 13.7. The highest BCUT2D eigenvalue weighted by Gasteiger charge is 2.58. The van der Waals surface area contributed by atoms with Crippen LogP contribution in [0.2, 0.25) is 0 Å². The molecule has 0 amide bonds. The van der Waals surface area contributed by atoms with Crippen LogP contribution >= 0.6 is 0 Å². The Morgan fingerprint density at radius 1 is 0.931 bits per heavy atom. The fourth-order valence-corrected chi connectivity index (χ4v) is 8.53. The van der Waals surface area contributed by atoms with Gasteiger partial charge in [-0.25, -0.2) is 0 Å². The molecule has 1 N–H and O–H groups in total. The fraction of sp³-hybridized carbons (Fsp3) is 0.929. The van der Waals surface area contributed by atoms with Crippen LogP contribution in [0.5, 0.6) is 0 Å². The molecule has 3 saturated carbocycles. The Hall–Kier alpha value is -0.300. The van der Waals surface area contributed by atoms with Crippen molar-refractivity contribution < 1.29 is 5.11 Å². The maximum atomic E-state index is 10.2. The summed E-state index contributed by atoms with van der Waals surface area (Å²) in [6.45, 7) is 15.1. The molecule has 4 aliphatic rings. The van der Waals surface area contributed by atoms with Gasteiger partial charge < -0.3 is 5.11 Å². The third kappa shape index (κ3) is 3.66. The zero-order valence-corrected chi connectivity index (χ0v) is 20.2. The summed E-state index contributed by atoms with van der Waals surface area (Å²) in [6, 6.07) is 0. The van der Waals surface area contributed by atoms with E-state index in [4.69, 9.17) is 0 Å². The SMILES string of the molecule is CC(C)[C@H](C)CC[C@@H](C)[C@@H]1CC[C@@H]2C3=CC[C@H]4C[C@H](O)CC[C@]4(C)[C@@H]3CC[C@]21C. The van der Waals surface area contributed by atoms with Gasteiger partial charge in [-0.05, 0) is 104 Å². The molecule has 0 saturated heterocycles. The largest absolute Gasteiger partial charge is 0.393 e. The lowest BCUT2D eigenvalue weighted by atomic mass is 9.47. The van der Waals surface area contributed by atoms with E-state index < -0.39 is 0 Å². The summed E-state index contributed by atoms with van der Waals surface area (Å²) in [4.78, 5) is 0. The van der Waals surface area contributed by atoms with E-state index in [0.29, 0.717) is 10.8 Å². The minimum Gasteiger partial charge on any atom is -0.393 e. The maximum absolute atomic E-state index is 10.2.